The SMILES string of the molecule is CC(=O)N[C@H]1[C@@H](OC(CO[C@@H]2O[C@H](CO)[C@H](O)[C@H](O[C@H]3O[C@H](CO)[C@@H](O)[C@H](O)[C@H]3NC(C)=O)[C@H]2NC(C)=O)COP(=O)(O)O)O[C@H](CO)[C@H](O)[C@@H]1O. The minimum atomic E-state index is -5.17. The van der Waals surface area contributed by atoms with Crippen molar-refractivity contribution in [2.45, 2.75) is 119 Å². The second-order valence-corrected chi connectivity index (χ2v) is 13.5. The van der Waals surface area contributed by atoms with Crippen molar-refractivity contribution in [3.8, 4) is 0 Å². The van der Waals surface area contributed by atoms with Crippen molar-refractivity contribution in [2.24, 2.45) is 0 Å². The lowest BCUT2D eigenvalue weighted by Gasteiger charge is -2.48. The zero-order valence-electron chi connectivity index (χ0n) is 28.2. The van der Waals surface area contributed by atoms with Gasteiger partial charge in [0.2, 0.25) is 17.7 Å². The van der Waals surface area contributed by atoms with E-state index in [4.69, 9.17) is 28.4 Å². The van der Waals surface area contributed by atoms with Gasteiger partial charge in [0, 0.05) is 20.8 Å². The van der Waals surface area contributed by atoms with E-state index in [0.29, 0.717) is 0 Å². The Morgan fingerprint density at radius 1 is 0.635 bits per heavy atom. The van der Waals surface area contributed by atoms with Gasteiger partial charge < -0.3 is 95.0 Å². The highest BCUT2D eigenvalue weighted by Crippen LogP contribution is 2.36. The molecular weight excluding hydrogens is 733 g/mol. The van der Waals surface area contributed by atoms with Crippen molar-refractivity contribution in [3.05, 3.63) is 0 Å². The van der Waals surface area contributed by atoms with Crippen LogP contribution in [0.4, 0.5) is 0 Å². The molecule has 1 unspecified atom stereocenters. The molecule has 0 radical (unpaired) electrons. The van der Waals surface area contributed by atoms with E-state index in [0.717, 1.165) is 20.8 Å². The Hall–Kier alpha value is -2.04. The van der Waals surface area contributed by atoms with Gasteiger partial charge in [0.1, 0.15) is 79.2 Å². The molecule has 3 saturated heterocycles. The number of phosphoric ester groups is 1. The molecule has 0 spiro atoms. The Morgan fingerprint density at radius 3 is 1.52 bits per heavy atom. The largest absolute Gasteiger partial charge is 0.469 e. The van der Waals surface area contributed by atoms with E-state index in [1.807, 2.05) is 0 Å². The molecule has 24 nitrogen and oxygen atoms in total. The number of rotatable bonds is 16. The molecule has 0 bridgehead atoms. The van der Waals surface area contributed by atoms with Crippen LogP contribution in [0, 0.1) is 0 Å². The molecule has 302 valence electrons. The molecule has 3 aliphatic heterocycles. The number of carbonyl (C=O) groups is 3. The number of hydrogen-bond donors (Lipinski definition) is 13. The van der Waals surface area contributed by atoms with E-state index in [9.17, 15) is 69.6 Å². The van der Waals surface area contributed by atoms with Crippen molar-refractivity contribution in [3.63, 3.8) is 0 Å². The normalized spacial score (nSPS) is 39.0. The Bertz CT molecular complexity index is 1230. The fourth-order valence-electron chi connectivity index (χ4n) is 5.79. The van der Waals surface area contributed by atoms with Crippen LogP contribution in [0.15, 0.2) is 0 Å². The van der Waals surface area contributed by atoms with Crippen molar-refractivity contribution >= 4 is 25.5 Å². The van der Waals surface area contributed by atoms with Crippen molar-refractivity contribution < 1.29 is 103 Å². The second-order valence-electron chi connectivity index (χ2n) is 12.3. The topological polar surface area (TPSA) is 371 Å². The third-order valence-corrected chi connectivity index (χ3v) is 8.70. The fourth-order valence-corrected chi connectivity index (χ4v) is 6.15. The smallest absolute Gasteiger partial charge is 0.394 e. The van der Waals surface area contributed by atoms with Gasteiger partial charge in [-0.25, -0.2) is 4.57 Å². The molecule has 3 amide bonds. The Balaban J connectivity index is 1.93. The third kappa shape index (κ3) is 11.7. The van der Waals surface area contributed by atoms with Gasteiger partial charge in [0.15, 0.2) is 18.9 Å². The molecule has 3 rings (SSSR count). The first-order valence-electron chi connectivity index (χ1n) is 15.9. The summed E-state index contributed by atoms with van der Waals surface area (Å²) in [4.78, 5) is 54.9. The van der Waals surface area contributed by atoms with Crippen LogP contribution in [0.1, 0.15) is 20.8 Å². The maximum absolute atomic E-state index is 12.4. The lowest BCUT2D eigenvalue weighted by atomic mass is 9.94. The van der Waals surface area contributed by atoms with Gasteiger partial charge in [-0.05, 0) is 0 Å². The Kier molecular flexibility index (Phi) is 16.6. The number of aliphatic hydroxyl groups is 8. The summed E-state index contributed by atoms with van der Waals surface area (Å²) in [5, 5.41) is 89.7. The van der Waals surface area contributed by atoms with Crippen molar-refractivity contribution in [2.75, 3.05) is 33.0 Å². The van der Waals surface area contributed by atoms with Gasteiger partial charge in [-0.15, -0.1) is 0 Å². The molecule has 52 heavy (non-hydrogen) atoms. The zero-order chi connectivity index (χ0) is 39.1. The van der Waals surface area contributed by atoms with E-state index in [2.05, 4.69) is 20.5 Å². The number of carbonyl (C=O) groups excluding carboxylic acids is 3. The minimum absolute atomic E-state index is 0.699. The molecule has 0 aliphatic carbocycles. The molecule has 13 N–H and O–H groups in total. The Labute approximate surface area is 296 Å². The van der Waals surface area contributed by atoms with Gasteiger partial charge in [0.25, 0.3) is 0 Å². The van der Waals surface area contributed by atoms with Crippen LogP contribution in [-0.2, 0) is 51.9 Å². The van der Waals surface area contributed by atoms with Crippen LogP contribution in [0.5, 0.6) is 0 Å². The van der Waals surface area contributed by atoms with E-state index in [-0.39, 0.29) is 0 Å². The maximum Gasteiger partial charge on any atom is 0.469 e. The zero-order valence-corrected chi connectivity index (χ0v) is 29.1. The minimum Gasteiger partial charge on any atom is -0.394 e. The highest BCUT2D eigenvalue weighted by atomic mass is 31.2. The number of nitrogens with one attached hydrogen (secondary N) is 3. The van der Waals surface area contributed by atoms with E-state index >= 15 is 0 Å². The number of phosphoric acid groups is 1. The molecule has 25 heteroatoms. The predicted octanol–water partition coefficient (Wildman–Crippen LogP) is -7.65. The molecule has 3 heterocycles. The number of hydrogen-bond acceptors (Lipinski definition) is 19. The summed E-state index contributed by atoms with van der Waals surface area (Å²) in [5.41, 5.74) is 0. The molecule has 0 aromatic carbocycles. The first kappa shape index (κ1) is 44.4. The van der Waals surface area contributed by atoms with E-state index < -0.39 is 157 Å². The summed E-state index contributed by atoms with van der Waals surface area (Å²) >= 11 is 0. The monoisotopic (exact) mass is 781 g/mol. The first-order chi connectivity index (χ1) is 24.3. The van der Waals surface area contributed by atoms with Crippen LogP contribution in [0.3, 0.4) is 0 Å². The van der Waals surface area contributed by atoms with E-state index in [1.165, 1.54) is 0 Å². The van der Waals surface area contributed by atoms with Crippen LogP contribution < -0.4 is 16.0 Å². The quantitative estimate of drug-likeness (QED) is 0.0647. The Morgan fingerprint density at radius 2 is 1.06 bits per heavy atom. The highest BCUT2D eigenvalue weighted by Gasteiger charge is 2.53. The second kappa shape index (κ2) is 19.5. The van der Waals surface area contributed by atoms with Crippen molar-refractivity contribution in [1.29, 1.82) is 0 Å². The van der Waals surface area contributed by atoms with Gasteiger partial charge in [0.05, 0.1) is 33.0 Å². The predicted molar refractivity (Wildman–Crippen MR) is 164 cm³/mol. The average Bonchev–Trinajstić information content (AvgIpc) is 3.06. The molecule has 16 atom stereocenters. The van der Waals surface area contributed by atoms with Crippen LogP contribution in [0.25, 0.3) is 0 Å². The average molecular weight is 782 g/mol. The summed E-state index contributed by atoms with van der Waals surface area (Å²) in [6, 6.07) is -4.53. The highest BCUT2D eigenvalue weighted by molar-refractivity contribution is 7.46. The van der Waals surface area contributed by atoms with Gasteiger partial charge >= 0.3 is 7.82 Å². The van der Waals surface area contributed by atoms with Crippen LogP contribution in [0.2, 0.25) is 0 Å². The molecule has 3 fully saturated rings. The van der Waals surface area contributed by atoms with Gasteiger partial charge in [-0.1, -0.05) is 0 Å². The molecule has 3 aliphatic rings. The summed E-state index contributed by atoms with van der Waals surface area (Å²) in [6.45, 7) is -1.03. The number of ether oxygens (including phenoxy) is 6. The van der Waals surface area contributed by atoms with Crippen molar-refractivity contribution in [1.82, 2.24) is 16.0 Å². The number of amides is 3. The van der Waals surface area contributed by atoms with Crippen LogP contribution >= 0.6 is 7.82 Å². The summed E-state index contributed by atoms with van der Waals surface area (Å²) in [5.74, 6) is -2.15. The summed E-state index contributed by atoms with van der Waals surface area (Å²) in [7, 11) is -5.17. The van der Waals surface area contributed by atoms with Crippen LogP contribution in [-0.4, -0.2) is 199 Å². The third-order valence-electron chi connectivity index (χ3n) is 8.22. The summed E-state index contributed by atoms with van der Waals surface area (Å²) in [6.07, 6.45) is -21.5. The fraction of sp³-hybridized carbons (Fsp3) is 0.889. The molecule has 0 saturated carbocycles. The van der Waals surface area contributed by atoms with Gasteiger partial charge in [-0.2, -0.15) is 0 Å². The summed E-state index contributed by atoms with van der Waals surface area (Å²) < 4.78 is 50.5. The molecular formula is C27H48N3O21P. The molecule has 0 aromatic heterocycles. The first-order valence-corrected chi connectivity index (χ1v) is 17.5. The van der Waals surface area contributed by atoms with Gasteiger partial charge in [-0.3, -0.25) is 18.9 Å². The lowest BCUT2D eigenvalue weighted by molar-refractivity contribution is -0.333. The maximum atomic E-state index is 12.4. The number of aliphatic hydroxyl groups excluding tert-OH is 8. The van der Waals surface area contributed by atoms with E-state index in [1.54, 1.807) is 0 Å². The standard InChI is InChI=1S/C27H48N3O21P/c1-9(34)28-16-22(40)19(37)13(4-31)49-26(16)47-12(8-46-52(42,43)44)7-45-25-18(30-11(3)36)24(21(39)15(6-33)48-25)51-27-17(29-10(2)35)23(41)20(38)14(5-32)50-27/h12-27,31-33,37-41H,4-8H2,1-3H3,(H,28,34)(H,29,35)(H,30,36)(H2,42,43,44)/t12?,13-,14-,15-,16-,17-,18-,19+,20-,21+,22-,23-,24-,25-,26+,27-/m1/s1. The molecule has 0 aromatic rings. The lowest BCUT2D eigenvalue weighted by Crippen LogP contribution is -2.69.